The molecule has 1 heterocycles. The average molecular weight is 291 g/mol. The molecule has 1 aliphatic heterocycles. The summed E-state index contributed by atoms with van der Waals surface area (Å²) in [5, 5.41) is 9.32. The quantitative estimate of drug-likeness (QED) is 0.739. The molecular weight excluding hydrogens is 270 g/mol. The van der Waals surface area contributed by atoms with Crippen LogP contribution < -0.4 is 0 Å². The first-order chi connectivity index (χ1) is 9.90. The van der Waals surface area contributed by atoms with Gasteiger partial charge in [-0.2, -0.15) is 5.26 Å². The van der Waals surface area contributed by atoms with E-state index in [1.807, 2.05) is 20.8 Å². The number of nitrogens with zero attached hydrogens (tertiary/aromatic N) is 1. The zero-order chi connectivity index (χ0) is 15.4. The fourth-order valence-corrected chi connectivity index (χ4v) is 4.10. The molecule has 0 aromatic heterocycles. The zero-order valence-electron chi connectivity index (χ0n) is 12.7. The number of nitriles is 1. The lowest BCUT2D eigenvalue weighted by atomic mass is 9.75. The van der Waals surface area contributed by atoms with Crippen molar-refractivity contribution in [2.75, 3.05) is 6.61 Å². The third-order valence-electron chi connectivity index (χ3n) is 5.76. The van der Waals surface area contributed by atoms with E-state index in [0.717, 1.165) is 6.42 Å². The number of hydrogen-bond donors (Lipinski definition) is 0. The Morgan fingerprint density at radius 3 is 2.81 bits per heavy atom. The molecule has 0 aromatic carbocycles. The standard InChI is InChI=1S/C16H21NO4/c1-4-16(2,3)15(19)20-7-11-8-5-9-12(10(8)6-17)14(18)21-13(9)11/h8-13H,4-5,7H2,1-3H3. The Balaban J connectivity index is 1.70. The molecule has 2 saturated carbocycles. The van der Waals surface area contributed by atoms with Gasteiger partial charge in [0.05, 0.1) is 29.9 Å². The molecule has 3 rings (SSSR count). The molecule has 0 radical (unpaired) electrons. The largest absolute Gasteiger partial charge is 0.465 e. The molecule has 0 spiro atoms. The summed E-state index contributed by atoms with van der Waals surface area (Å²) >= 11 is 0. The highest BCUT2D eigenvalue weighted by molar-refractivity contribution is 5.78. The summed E-state index contributed by atoms with van der Waals surface area (Å²) in [6, 6.07) is 2.27. The zero-order valence-corrected chi connectivity index (χ0v) is 12.7. The minimum atomic E-state index is -0.499. The Bertz CT molecular complexity index is 521. The first-order valence-corrected chi connectivity index (χ1v) is 7.68. The number of carbonyl (C=O) groups excluding carboxylic acids is 2. The highest BCUT2D eigenvalue weighted by atomic mass is 16.6. The Labute approximate surface area is 124 Å². The molecular formula is C16H21NO4. The summed E-state index contributed by atoms with van der Waals surface area (Å²) in [5.74, 6) is -0.718. The molecule has 6 unspecified atom stereocenters. The molecule has 21 heavy (non-hydrogen) atoms. The molecule has 1 saturated heterocycles. The van der Waals surface area contributed by atoms with Crippen molar-refractivity contribution in [3.63, 3.8) is 0 Å². The number of esters is 2. The third kappa shape index (κ3) is 1.96. The van der Waals surface area contributed by atoms with Crippen LogP contribution in [-0.4, -0.2) is 24.6 Å². The van der Waals surface area contributed by atoms with Gasteiger partial charge in [-0.15, -0.1) is 0 Å². The summed E-state index contributed by atoms with van der Waals surface area (Å²) in [5.41, 5.74) is -0.499. The topological polar surface area (TPSA) is 76.4 Å². The van der Waals surface area contributed by atoms with Gasteiger partial charge in [-0.25, -0.2) is 0 Å². The van der Waals surface area contributed by atoms with Crippen LogP contribution in [-0.2, 0) is 19.1 Å². The number of hydrogen-bond acceptors (Lipinski definition) is 5. The van der Waals surface area contributed by atoms with Crippen molar-refractivity contribution in [3.8, 4) is 6.07 Å². The van der Waals surface area contributed by atoms with Gasteiger partial charge in [-0.3, -0.25) is 9.59 Å². The molecule has 3 fully saturated rings. The van der Waals surface area contributed by atoms with Crippen molar-refractivity contribution in [1.29, 1.82) is 5.26 Å². The van der Waals surface area contributed by atoms with Gasteiger partial charge in [-0.05, 0) is 32.6 Å². The van der Waals surface area contributed by atoms with Crippen molar-refractivity contribution in [1.82, 2.24) is 0 Å². The van der Waals surface area contributed by atoms with E-state index in [1.165, 1.54) is 0 Å². The van der Waals surface area contributed by atoms with E-state index in [4.69, 9.17) is 9.47 Å². The lowest BCUT2D eigenvalue weighted by molar-refractivity contribution is -0.158. The first-order valence-electron chi connectivity index (χ1n) is 7.68. The molecule has 5 heteroatoms. The molecule has 6 atom stereocenters. The van der Waals surface area contributed by atoms with E-state index in [-0.39, 0.29) is 54.2 Å². The van der Waals surface area contributed by atoms with Gasteiger partial charge in [-0.1, -0.05) is 6.92 Å². The maximum absolute atomic E-state index is 12.1. The Hall–Kier alpha value is -1.57. The van der Waals surface area contributed by atoms with E-state index < -0.39 is 5.41 Å². The summed E-state index contributed by atoms with van der Waals surface area (Å²) < 4.78 is 10.9. The lowest BCUT2D eigenvalue weighted by Gasteiger charge is -2.29. The molecule has 0 aromatic rings. The minimum absolute atomic E-state index is 0.0149. The van der Waals surface area contributed by atoms with Crippen LogP contribution in [0.15, 0.2) is 0 Å². The van der Waals surface area contributed by atoms with Crippen LogP contribution in [0.5, 0.6) is 0 Å². The fourth-order valence-electron chi connectivity index (χ4n) is 4.10. The molecule has 3 aliphatic rings. The molecule has 2 bridgehead atoms. The maximum Gasteiger partial charge on any atom is 0.311 e. The molecule has 2 aliphatic carbocycles. The van der Waals surface area contributed by atoms with E-state index >= 15 is 0 Å². The van der Waals surface area contributed by atoms with Crippen molar-refractivity contribution in [3.05, 3.63) is 0 Å². The molecule has 114 valence electrons. The second-order valence-electron chi connectivity index (χ2n) is 7.15. The summed E-state index contributed by atoms with van der Waals surface area (Å²) in [6.07, 6.45) is 1.40. The Morgan fingerprint density at radius 2 is 2.19 bits per heavy atom. The van der Waals surface area contributed by atoms with Crippen LogP contribution in [0.3, 0.4) is 0 Å². The van der Waals surface area contributed by atoms with Crippen LogP contribution in [0.4, 0.5) is 0 Å². The molecule has 0 N–H and O–H groups in total. The van der Waals surface area contributed by atoms with Crippen molar-refractivity contribution >= 4 is 11.9 Å². The highest BCUT2D eigenvalue weighted by Gasteiger charge is 2.66. The second-order valence-corrected chi connectivity index (χ2v) is 7.15. The van der Waals surface area contributed by atoms with Crippen LogP contribution >= 0.6 is 0 Å². The van der Waals surface area contributed by atoms with Crippen LogP contribution in [0, 0.1) is 46.3 Å². The summed E-state index contributed by atoms with van der Waals surface area (Å²) in [6.45, 7) is 5.93. The predicted octanol–water partition coefficient (Wildman–Crippen LogP) is 1.91. The monoisotopic (exact) mass is 291 g/mol. The van der Waals surface area contributed by atoms with E-state index in [9.17, 15) is 14.9 Å². The van der Waals surface area contributed by atoms with Gasteiger partial charge >= 0.3 is 11.9 Å². The number of ether oxygens (including phenoxy) is 2. The van der Waals surface area contributed by atoms with Crippen LogP contribution in [0.1, 0.15) is 33.6 Å². The summed E-state index contributed by atoms with van der Waals surface area (Å²) in [7, 11) is 0. The first kappa shape index (κ1) is 14.4. The van der Waals surface area contributed by atoms with Gasteiger partial charge in [0.25, 0.3) is 0 Å². The van der Waals surface area contributed by atoms with Gasteiger partial charge in [0.1, 0.15) is 6.10 Å². The fraction of sp³-hybridized carbons (Fsp3) is 0.812. The molecule has 0 amide bonds. The Morgan fingerprint density at radius 1 is 1.48 bits per heavy atom. The van der Waals surface area contributed by atoms with Crippen molar-refractivity contribution < 1.29 is 19.1 Å². The average Bonchev–Trinajstić information content (AvgIpc) is 3.05. The van der Waals surface area contributed by atoms with Gasteiger partial charge in [0.2, 0.25) is 0 Å². The van der Waals surface area contributed by atoms with Gasteiger partial charge < -0.3 is 9.47 Å². The SMILES string of the molecule is CCC(C)(C)C(=O)OCC1C2CC3C1OC(=O)C3C2C#N. The Kier molecular flexibility index (Phi) is 3.23. The van der Waals surface area contributed by atoms with Crippen LogP contribution in [0.25, 0.3) is 0 Å². The van der Waals surface area contributed by atoms with Crippen molar-refractivity contribution in [2.45, 2.75) is 39.7 Å². The van der Waals surface area contributed by atoms with Gasteiger partial charge in [0.15, 0.2) is 0 Å². The van der Waals surface area contributed by atoms with E-state index in [1.54, 1.807) is 0 Å². The maximum atomic E-state index is 12.1. The third-order valence-corrected chi connectivity index (χ3v) is 5.76. The lowest BCUT2D eigenvalue weighted by Crippen LogP contribution is -2.37. The number of fused-ring (bicyclic) bond motifs is 1. The van der Waals surface area contributed by atoms with Crippen molar-refractivity contribution in [2.24, 2.45) is 35.0 Å². The predicted molar refractivity (Wildman–Crippen MR) is 72.6 cm³/mol. The van der Waals surface area contributed by atoms with E-state index in [0.29, 0.717) is 6.42 Å². The smallest absolute Gasteiger partial charge is 0.311 e. The summed E-state index contributed by atoms with van der Waals surface area (Å²) in [4.78, 5) is 24.0. The second kappa shape index (κ2) is 4.72. The van der Waals surface area contributed by atoms with Gasteiger partial charge in [0, 0.05) is 11.8 Å². The van der Waals surface area contributed by atoms with Crippen LogP contribution in [0.2, 0.25) is 0 Å². The number of rotatable bonds is 4. The normalized spacial score (nSPS) is 40.0. The molecule has 5 nitrogen and oxygen atoms in total. The highest BCUT2D eigenvalue weighted by Crippen LogP contribution is 2.60. The number of carbonyl (C=O) groups is 2. The minimum Gasteiger partial charge on any atom is -0.465 e. The van der Waals surface area contributed by atoms with E-state index in [2.05, 4.69) is 6.07 Å².